The van der Waals surface area contributed by atoms with E-state index < -0.39 is 0 Å². The SMILES string of the molecule is CSC1CCCCC1NCC1CCCN(C)C1. The van der Waals surface area contributed by atoms with Gasteiger partial charge in [-0.05, 0) is 58.0 Å². The molecule has 3 heteroatoms. The van der Waals surface area contributed by atoms with Gasteiger partial charge in [0.1, 0.15) is 0 Å². The summed E-state index contributed by atoms with van der Waals surface area (Å²) in [5.74, 6) is 0.887. The van der Waals surface area contributed by atoms with E-state index >= 15 is 0 Å². The fourth-order valence-corrected chi connectivity index (χ4v) is 4.33. The van der Waals surface area contributed by atoms with E-state index in [0.29, 0.717) is 0 Å². The Balaban J connectivity index is 1.72. The molecule has 1 saturated heterocycles. The smallest absolute Gasteiger partial charge is 0.0198 e. The molecule has 17 heavy (non-hydrogen) atoms. The van der Waals surface area contributed by atoms with Crippen molar-refractivity contribution in [2.75, 3.05) is 32.9 Å². The zero-order chi connectivity index (χ0) is 12.1. The van der Waals surface area contributed by atoms with Gasteiger partial charge in [-0.15, -0.1) is 0 Å². The summed E-state index contributed by atoms with van der Waals surface area (Å²) in [5.41, 5.74) is 0. The maximum absolute atomic E-state index is 3.87. The molecule has 0 bridgehead atoms. The fourth-order valence-electron chi connectivity index (χ4n) is 3.37. The van der Waals surface area contributed by atoms with Gasteiger partial charge in [-0.2, -0.15) is 11.8 Å². The van der Waals surface area contributed by atoms with Crippen LogP contribution in [0.3, 0.4) is 0 Å². The van der Waals surface area contributed by atoms with Crippen molar-refractivity contribution in [2.45, 2.75) is 49.8 Å². The number of rotatable bonds is 4. The van der Waals surface area contributed by atoms with Gasteiger partial charge < -0.3 is 10.2 Å². The maximum atomic E-state index is 3.87. The highest BCUT2D eigenvalue weighted by Gasteiger charge is 2.25. The Hall–Kier alpha value is 0.270. The minimum atomic E-state index is 0.783. The molecule has 3 atom stereocenters. The van der Waals surface area contributed by atoms with Crippen molar-refractivity contribution in [2.24, 2.45) is 5.92 Å². The van der Waals surface area contributed by atoms with Crippen molar-refractivity contribution in [3.63, 3.8) is 0 Å². The molecule has 1 heterocycles. The van der Waals surface area contributed by atoms with Gasteiger partial charge in [-0.25, -0.2) is 0 Å². The van der Waals surface area contributed by atoms with Crippen LogP contribution in [-0.4, -0.2) is 49.1 Å². The highest BCUT2D eigenvalue weighted by Crippen LogP contribution is 2.27. The van der Waals surface area contributed by atoms with Crippen LogP contribution in [-0.2, 0) is 0 Å². The van der Waals surface area contributed by atoms with Gasteiger partial charge >= 0.3 is 0 Å². The molecule has 0 amide bonds. The summed E-state index contributed by atoms with van der Waals surface area (Å²) in [5, 5.41) is 4.73. The van der Waals surface area contributed by atoms with Crippen LogP contribution < -0.4 is 5.32 Å². The van der Waals surface area contributed by atoms with E-state index in [1.54, 1.807) is 0 Å². The van der Waals surface area contributed by atoms with Crippen LogP contribution in [0.5, 0.6) is 0 Å². The molecule has 2 rings (SSSR count). The van der Waals surface area contributed by atoms with Gasteiger partial charge in [-0.3, -0.25) is 0 Å². The standard InChI is InChI=1S/C14H28N2S/c1-16-9-5-6-12(11-16)10-15-13-7-3-4-8-14(13)17-2/h12-15H,3-11H2,1-2H3. The highest BCUT2D eigenvalue weighted by molar-refractivity contribution is 7.99. The van der Waals surface area contributed by atoms with E-state index in [9.17, 15) is 0 Å². The first-order valence-corrected chi connectivity index (χ1v) is 8.53. The normalized spacial score (nSPS) is 36.0. The number of likely N-dealkylation sites (tertiary alicyclic amines) is 1. The Morgan fingerprint density at radius 2 is 2.00 bits per heavy atom. The van der Waals surface area contributed by atoms with Crippen molar-refractivity contribution in [3.05, 3.63) is 0 Å². The molecule has 0 aromatic carbocycles. The van der Waals surface area contributed by atoms with Crippen LogP contribution in [0, 0.1) is 5.92 Å². The highest BCUT2D eigenvalue weighted by atomic mass is 32.2. The molecule has 2 fully saturated rings. The third kappa shape index (κ3) is 4.15. The first kappa shape index (κ1) is 13.7. The van der Waals surface area contributed by atoms with E-state index in [0.717, 1.165) is 17.2 Å². The Morgan fingerprint density at radius 3 is 2.76 bits per heavy atom. The minimum absolute atomic E-state index is 0.783. The van der Waals surface area contributed by atoms with Crippen LogP contribution in [0.1, 0.15) is 38.5 Å². The summed E-state index contributed by atoms with van der Waals surface area (Å²) in [6, 6.07) is 0.783. The molecule has 1 saturated carbocycles. The zero-order valence-electron chi connectivity index (χ0n) is 11.5. The number of piperidine rings is 1. The summed E-state index contributed by atoms with van der Waals surface area (Å²) in [4.78, 5) is 2.49. The molecule has 1 aliphatic carbocycles. The molecule has 0 spiro atoms. The number of thioether (sulfide) groups is 1. The molecular formula is C14H28N2S. The van der Waals surface area contributed by atoms with Crippen molar-refractivity contribution >= 4 is 11.8 Å². The summed E-state index contributed by atoms with van der Waals surface area (Å²) in [6.07, 6.45) is 10.8. The molecule has 0 radical (unpaired) electrons. The number of nitrogens with zero attached hydrogens (tertiary/aromatic N) is 1. The molecule has 2 aliphatic rings. The average Bonchev–Trinajstić information content (AvgIpc) is 2.37. The molecular weight excluding hydrogens is 228 g/mol. The second-order valence-electron chi connectivity index (χ2n) is 5.84. The third-order valence-electron chi connectivity index (χ3n) is 4.40. The Kier molecular flexibility index (Phi) is 5.64. The second-order valence-corrected chi connectivity index (χ2v) is 6.92. The summed E-state index contributed by atoms with van der Waals surface area (Å²) in [6.45, 7) is 3.84. The van der Waals surface area contributed by atoms with Gasteiger partial charge in [0.2, 0.25) is 0 Å². The summed E-state index contributed by atoms with van der Waals surface area (Å²) >= 11 is 2.07. The lowest BCUT2D eigenvalue weighted by Gasteiger charge is -2.35. The van der Waals surface area contributed by atoms with E-state index in [4.69, 9.17) is 0 Å². The van der Waals surface area contributed by atoms with Crippen molar-refractivity contribution in [1.29, 1.82) is 0 Å². The van der Waals surface area contributed by atoms with E-state index in [1.165, 1.54) is 58.2 Å². The van der Waals surface area contributed by atoms with E-state index in [2.05, 4.69) is 35.3 Å². The Bertz CT molecular complexity index is 222. The molecule has 0 aromatic heterocycles. The minimum Gasteiger partial charge on any atom is -0.313 e. The van der Waals surface area contributed by atoms with Gasteiger partial charge in [0.15, 0.2) is 0 Å². The lowest BCUT2D eigenvalue weighted by Crippen LogP contribution is -2.45. The molecule has 3 unspecified atom stereocenters. The quantitative estimate of drug-likeness (QED) is 0.832. The van der Waals surface area contributed by atoms with Crippen LogP contribution in [0.15, 0.2) is 0 Å². The lowest BCUT2D eigenvalue weighted by atomic mass is 9.93. The monoisotopic (exact) mass is 256 g/mol. The van der Waals surface area contributed by atoms with Gasteiger partial charge in [-0.1, -0.05) is 12.8 Å². The lowest BCUT2D eigenvalue weighted by molar-refractivity contribution is 0.199. The van der Waals surface area contributed by atoms with Crippen LogP contribution in [0.25, 0.3) is 0 Å². The van der Waals surface area contributed by atoms with E-state index in [-0.39, 0.29) is 0 Å². The van der Waals surface area contributed by atoms with Gasteiger partial charge in [0.05, 0.1) is 0 Å². The molecule has 1 aliphatic heterocycles. The molecule has 1 N–H and O–H groups in total. The summed E-state index contributed by atoms with van der Waals surface area (Å²) in [7, 11) is 2.26. The molecule has 100 valence electrons. The Labute approximate surface area is 111 Å². The van der Waals surface area contributed by atoms with Gasteiger partial charge in [0, 0.05) is 17.8 Å². The number of hydrogen-bond acceptors (Lipinski definition) is 3. The average molecular weight is 256 g/mol. The van der Waals surface area contributed by atoms with E-state index in [1.807, 2.05) is 0 Å². The first-order valence-electron chi connectivity index (χ1n) is 7.24. The zero-order valence-corrected chi connectivity index (χ0v) is 12.3. The summed E-state index contributed by atoms with van der Waals surface area (Å²) < 4.78 is 0. The number of hydrogen-bond donors (Lipinski definition) is 1. The fraction of sp³-hybridized carbons (Fsp3) is 1.00. The molecule has 0 aromatic rings. The third-order valence-corrected chi connectivity index (χ3v) is 5.57. The predicted octanol–water partition coefficient (Wildman–Crippen LogP) is 2.59. The maximum Gasteiger partial charge on any atom is 0.0198 e. The predicted molar refractivity (Wildman–Crippen MR) is 77.8 cm³/mol. The first-order chi connectivity index (χ1) is 8.29. The van der Waals surface area contributed by atoms with Crippen LogP contribution in [0.4, 0.5) is 0 Å². The Morgan fingerprint density at radius 1 is 1.18 bits per heavy atom. The molecule has 2 nitrogen and oxygen atoms in total. The largest absolute Gasteiger partial charge is 0.313 e. The topological polar surface area (TPSA) is 15.3 Å². The van der Waals surface area contributed by atoms with Crippen molar-refractivity contribution < 1.29 is 0 Å². The van der Waals surface area contributed by atoms with Gasteiger partial charge in [0.25, 0.3) is 0 Å². The van der Waals surface area contributed by atoms with Crippen LogP contribution in [0.2, 0.25) is 0 Å². The van der Waals surface area contributed by atoms with Crippen LogP contribution >= 0.6 is 11.8 Å². The van der Waals surface area contributed by atoms with Crippen molar-refractivity contribution in [3.8, 4) is 0 Å². The van der Waals surface area contributed by atoms with Crippen molar-refractivity contribution in [1.82, 2.24) is 10.2 Å². The number of nitrogens with one attached hydrogen (secondary N) is 1. The second kappa shape index (κ2) is 7.01.